The van der Waals surface area contributed by atoms with Crippen molar-refractivity contribution >= 4 is 11.6 Å². The third-order valence-corrected chi connectivity index (χ3v) is 3.69. The maximum atomic E-state index is 12.8. The molecule has 0 saturated heterocycles. The fraction of sp³-hybridized carbons (Fsp3) is 0.250. The van der Waals surface area contributed by atoms with Crippen molar-refractivity contribution in [2.45, 2.75) is 12.5 Å². The monoisotopic (exact) mass is 284 g/mol. The van der Waals surface area contributed by atoms with E-state index >= 15 is 0 Å². The van der Waals surface area contributed by atoms with Crippen molar-refractivity contribution in [1.29, 1.82) is 0 Å². The third kappa shape index (κ3) is 2.36. The van der Waals surface area contributed by atoms with Crippen LogP contribution in [-0.4, -0.2) is 29.7 Å². The number of benzene rings is 1. The number of carbonyl (C=O) groups excluding carboxylic acids is 1. The van der Waals surface area contributed by atoms with E-state index in [0.717, 1.165) is 11.3 Å². The molecule has 1 N–H and O–H groups in total. The van der Waals surface area contributed by atoms with Crippen LogP contribution in [0, 0.1) is 0 Å². The van der Waals surface area contributed by atoms with Gasteiger partial charge in [0.1, 0.15) is 5.75 Å². The molecule has 1 unspecified atom stereocenters. The van der Waals surface area contributed by atoms with Crippen molar-refractivity contribution in [1.82, 2.24) is 4.98 Å². The van der Waals surface area contributed by atoms with Crippen molar-refractivity contribution < 1.29 is 14.6 Å². The van der Waals surface area contributed by atoms with Gasteiger partial charge in [-0.2, -0.15) is 0 Å². The van der Waals surface area contributed by atoms with Crippen molar-refractivity contribution in [3.05, 3.63) is 53.9 Å². The van der Waals surface area contributed by atoms with Gasteiger partial charge < -0.3 is 14.7 Å². The molecule has 21 heavy (non-hydrogen) atoms. The molecule has 5 nitrogen and oxygen atoms in total. The summed E-state index contributed by atoms with van der Waals surface area (Å²) in [4.78, 5) is 18.4. The molecule has 0 aliphatic carbocycles. The molecule has 2 aromatic rings. The average Bonchev–Trinajstić information content (AvgIpc) is 2.55. The molecule has 1 aliphatic heterocycles. The van der Waals surface area contributed by atoms with Gasteiger partial charge in [-0.15, -0.1) is 0 Å². The molecule has 1 atom stereocenters. The molecule has 1 aromatic heterocycles. The summed E-state index contributed by atoms with van der Waals surface area (Å²) in [5.41, 5.74) is 2.00. The number of carbonyl (C=O) groups is 1. The minimum absolute atomic E-state index is 0.145. The summed E-state index contributed by atoms with van der Waals surface area (Å²) in [6.07, 6.45) is 3.10. The summed E-state index contributed by atoms with van der Waals surface area (Å²) in [6, 6.07) is 9.07. The summed E-state index contributed by atoms with van der Waals surface area (Å²) in [7, 11) is 1.52. The Hall–Kier alpha value is -2.40. The highest BCUT2D eigenvalue weighted by Gasteiger charge is 2.29. The zero-order chi connectivity index (χ0) is 14.8. The van der Waals surface area contributed by atoms with Gasteiger partial charge in [-0.3, -0.25) is 9.78 Å². The van der Waals surface area contributed by atoms with Crippen molar-refractivity contribution in [2.75, 3.05) is 18.6 Å². The summed E-state index contributed by atoms with van der Waals surface area (Å²) in [6.45, 7) is 0.475. The molecule has 1 amide bonds. The largest absolute Gasteiger partial charge is 0.494 e. The molecular weight excluding hydrogens is 268 g/mol. The molecule has 0 radical (unpaired) electrons. The molecule has 0 fully saturated rings. The minimum atomic E-state index is -0.524. The Labute approximate surface area is 122 Å². The second-order valence-electron chi connectivity index (χ2n) is 4.90. The fourth-order valence-electron chi connectivity index (χ4n) is 2.62. The first-order valence-corrected chi connectivity index (χ1v) is 6.79. The summed E-state index contributed by atoms with van der Waals surface area (Å²) in [5, 5.41) is 10.1. The van der Waals surface area contributed by atoms with Gasteiger partial charge in [-0.05, 0) is 18.6 Å². The second-order valence-corrected chi connectivity index (χ2v) is 4.90. The Kier molecular flexibility index (Phi) is 3.58. The maximum Gasteiger partial charge on any atom is 0.262 e. The number of aliphatic hydroxyl groups excluding tert-OH is 1. The van der Waals surface area contributed by atoms with E-state index in [0.29, 0.717) is 24.3 Å². The maximum absolute atomic E-state index is 12.8. The van der Waals surface area contributed by atoms with Crippen LogP contribution in [0.25, 0.3) is 0 Å². The number of fused-ring (bicyclic) bond motifs is 1. The van der Waals surface area contributed by atoms with Gasteiger partial charge >= 0.3 is 0 Å². The number of nitrogens with zero attached hydrogens (tertiary/aromatic N) is 2. The van der Waals surface area contributed by atoms with Crippen LogP contribution < -0.4 is 9.64 Å². The van der Waals surface area contributed by atoms with Gasteiger partial charge in [-0.25, -0.2) is 0 Å². The van der Waals surface area contributed by atoms with Crippen LogP contribution in [0.4, 0.5) is 5.69 Å². The lowest BCUT2D eigenvalue weighted by molar-refractivity contribution is 0.0967. The van der Waals surface area contributed by atoms with Gasteiger partial charge in [0.25, 0.3) is 5.91 Å². The van der Waals surface area contributed by atoms with E-state index in [1.54, 1.807) is 17.2 Å². The summed E-state index contributed by atoms with van der Waals surface area (Å²) in [5.74, 6) is 0.305. The lowest BCUT2D eigenvalue weighted by atomic mass is 9.98. The SMILES string of the molecule is COc1cnccc1C(=O)N1CCC(O)c2ccccc21. The number of aromatic nitrogens is 1. The molecule has 1 aromatic carbocycles. The molecule has 0 saturated carbocycles. The summed E-state index contributed by atoms with van der Waals surface area (Å²) >= 11 is 0. The third-order valence-electron chi connectivity index (χ3n) is 3.69. The normalized spacial score (nSPS) is 17.2. The minimum Gasteiger partial charge on any atom is -0.494 e. The molecule has 5 heteroatoms. The smallest absolute Gasteiger partial charge is 0.262 e. The van der Waals surface area contributed by atoms with Crippen molar-refractivity contribution in [2.24, 2.45) is 0 Å². The average molecular weight is 284 g/mol. The number of pyridine rings is 1. The van der Waals surface area contributed by atoms with E-state index in [9.17, 15) is 9.90 Å². The number of methoxy groups -OCH3 is 1. The molecule has 1 aliphatic rings. The molecule has 108 valence electrons. The highest BCUT2D eigenvalue weighted by Crippen LogP contribution is 2.35. The predicted octanol–water partition coefficient (Wildman–Crippen LogP) is 2.17. The van der Waals surface area contributed by atoms with E-state index in [-0.39, 0.29) is 5.91 Å². The van der Waals surface area contributed by atoms with Crippen LogP contribution in [0.2, 0.25) is 0 Å². The van der Waals surface area contributed by atoms with E-state index in [4.69, 9.17) is 4.74 Å². The zero-order valence-corrected chi connectivity index (χ0v) is 11.7. The number of amides is 1. The number of hydrogen-bond donors (Lipinski definition) is 1. The standard InChI is InChI=1S/C16H16N2O3/c1-21-15-10-17-8-6-12(15)16(20)18-9-7-14(19)11-4-2-3-5-13(11)18/h2-6,8,10,14,19H,7,9H2,1H3. The van der Waals surface area contributed by atoms with E-state index in [1.165, 1.54) is 13.3 Å². The van der Waals surface area contributed by atoms with Crippen molar-refractivity contribution in [3.63, 3.8) is 0 Å². The Morgan fingerprint density at radius 2 is 2.19 bits per heavy atom. The highest BCUT2D eigenvalue weighted by molar-refractivity contribution is 6.08. The summed E-state index contributed by atoms with van der Waals surface area (Å²) < 4.78 is 5.21. The Bertz CT molecular complexity index is 672. The van der Waals surface area contributed by atoms with Crippen molar-refractivity contribution in [3.8, 4) is 5.75 Å². The van der Waals surface area contributed by atoms with Crippen LogP contribution in [0.15, 0.2) is 42.7 Å². The van der Waals surface area contributed by atoms with Crippen LogP contribution >= 0.6 is 0 Å². The molecular formula is C16H16N2O3. The van der Waals surface area contributed by atoms with Gasteiger partial charge in [0.2, 0.25) is 0 Å². The lowest BCUT2D eigenvalue weighted by Crippen LogP contribution is -2.36. The first-order chi connectivity index (χ1) is 10.2. The van der Waals surface area contributed by atoms with Gasteiger partial charge in [0.15, 0.2) is 0 Å². The number of anilines is 1. The van der Waals surface area contributed by atoms with Gasteiger partial charge in [0, 0.05) is 24.0 Å². The lowest BCUT2D eigenvalue weighted by Gasteiger charge is -2.32. The van der Waals surface area contributed by atoms with Gasteiger partial charge in [-0.1, -0.05) is 18.2 Å². The van der Waals surface area contributed by atoms with E-state index < -0.39 is 6.10 Å². The highest BCUT2D eigenvalue weighted by atomic mass is 16.5. The fourth-order valence-corrected chi connectivity index (χ4v) is 2.62. The zero-order valence-electron chi connectivity index (χ0n) is 11.7. The Balaban J connectivity index is 2.01. The molecule has 0 spiro atoms. The number of ether oxygens (including phenoxy) is 1. The molecule has 0 bridgehead atoms. The number of para-hydroxylation sites is 1. The van der Waals surface area contributed by atoms with E-state index in [1.807, 2.05) is 24.3 Å². The first-order valence-electron chi connectivity index (χ1n) is 6.79. The first kappa shape index (κ1) is 13.6. The molecule has 3 rings (SSSR count). The Morgan fingerprint density at radius 3 is 3.00 bits per heavy atom. The van der Waals surface area contributed by atoms with Gasteiger partial charge in [0.05, 0.1) is 25.0 Å². The second kappa shape index (κ2) is 5.54. The number of hydrogen-bond acceptors (Lipinski definition) is 4. The predicted molar refractivity (Wildman–Crippen MR) is 78.5 cm³/mol. The van der Waals surface area contributed by atoms with Crippen LogP contribution in [0.1, 0.15) is 28.4 Å². The molecule has 2 heterocycles. The van der Waals surface area contributed by atoms with Crippen LogP contribution in [-0.2, 0) is 0 Å². The quantitative estimate of drug-likeness (QED) is 0.918. The number of rotatable bonds is 2. The van der Waals surface area contributed by atoms with E-state index in [2.05, 4.69) is 4.98 Å². The number of aliphatic hydroxyl groups is 1. The van der Waals surface area contributed by atoms with Crippen LogP contribution in [0.3, 0.4) is 0 Å². The van der Waals surface area contributed by atoms with Crippen LogP contribution in [0.5, 0.6) is 5.75 Å². The Morgan fingerprint density at radius 1 is 1.38 bits per heavy atom. The topological polar surface area (TPSA) is 62.7 Å².